The second-order valence-corrected chi connectivity index (χ2v) is 7.90. The molecule has 7 nitrogen and oxygen atoms in total. The quantitative estimate of drug-likeness (QED) is 0.294. The first-order valence-corrected chi connectivity index (χ1v) is 11.3. The van der Waals surface area contributed by atoms with Crippen LogP contribution in [0.15, 0.2) is 0 Å². The zero-order valence-corrected chi connectivity index (χ0v) is 18.1. The summed E-state index contributed by atoms with van der Waals surface area (Å²) in [5.74, 6) is -0.724. The van der Waals surface area contributed by atoms with E-state index in [2.05, 4.69) is 13.8 Å². The zero-order valence-electron chi connectivity index (χ0n) is 18.1. The molecule has 1 unspecified atom stereocenters. The Morgan fingerprint density at radius 1 is 0.931 bits per heavy atom. The molecular formula is C22H40O7. The fraction of sp³-hybridized carbons (Fsp3) is 0.909. The summed E-state index contributed by atoms with van der Waals surface area (Å²) in [7, 11) is 0. The molecule has 0 saturated carbocycles. The van der Waals surface area contributed by atoms with E-state index >= 15 is 0 Å². The molecule has 0 aromatic heterocycles. The van der Waals surface area contributed by atoms with Gasteiger partial charge in [0.1, 0.15) is 24.9 Å². The number of carbonyl (C=O) groups excluding carboxylic acids is 2. The largest absolute Gasteiger partial charge is 0.463 e. The van der Waals surface area contributed by atoms with Crippen molar-refractivity contribution in [2.24, 2.45) is 0 Å². The van der Waals surface area contributed by atoms with Crippen LogP contribution in [0.5, 0.6) is 0 Å². The van der Waals surface area contributed by atoms with Gasteiger partial charge in [-0.1, -0.05) is 65.2 Å². The van der Waals surface area contributed by atoms with Gasteiger partial charge in [0.2, 0.25) is 0 Å². The van der Waals surface area contributed by atoms with Crippen LogP contribution < -0.4 is 0 Å². The van der Waals surface area contributed by atoms with Crippen LogP contribution in [0.4, 0.5) is 0 Å². The van der Waals surface area contributed by atoms with Crippen molar-refractivity contribution >= 4 is 11.9 Å². The first-order chi connectivity index (χ1) is 14.0. The van der Waals surface area contributed by atoms with E-state index in [-0.39, 0.29) is 25.2 Å². The molecule has 4 atom stereocenters. The van der Waals surface area contributed by atoms with Crippen LogP contribution in [0.25, 0.3) is 0 Å². The molecule has 0 radical (unpaired) electrons. The molecule has 29 heavy (non-hydrogen) atoms. The standard InChI is InChI=1S/C22H40O7/c1-3-5-7-9-11-13-19(24)27-15-17(23)22-21(26)18(16-28-22)29-20(25)14-12-10-8-6-4-2/h17-18,21-23,26H,3-16H2,1-2H3/t17-,18-,21+,22?/m0/s1. The molecule has 0 aromatic rings. The minimum absolute atomic E-state index is 0.0237. The van der Waals surface area contributed by atoms with Crippen LogP contribution in [0, 0.1) is 0 Å². The molecule has 1 heterocycles. The lowest BCUT2D eigenvalue weighted by Gasteiger charge is -2.22. The highest BCUT2D eigenvalue weighted by molar-refractivity contribution is 5.69. The molecule has 1 rings (SSSR count). The second-order valence-electron chi connectivity index (χ2n) is 7.90. The summed E-state index contributed by atoms with van der Waals surface area (Å²) < 4.78 is 15.8. The van der Waals surface area contributed by atoms with Gasteiger partial charge in [-0.3, -0.25) is 9.59 Å². The van der Waals surface area contributed by atoms with Crippen molar-refractivity contribution in [3.05, 3.63) is 0 Å². The Bertz CT molecular complexity index is 454. The number of rotatable bonds is 16. The van der Waals surface area contributed by atoms with Gasteiger partial charge in [0, 0.05) is 12.8 Å². The highest BCUT2D eigenvalue weighted by Gasteiger charge is 2.42. The molecule has 0 aliphatic carbocycles. The van der Waals surface area contributed by atoms with E-state index in [1.807, 2.05) is 0 Å². The van der Waals surface area contributed by atoms with Crippen LogP contribution in [-0.4, -0.2) is 59.8 Å². The van der Waals surface area contributed by atoms with Crippen molar-refractivity contribution in [1.29, 1.82) is 0 Å². The third-order valence-corrected chi connectivity index (χ3v) is 5.22. The summed E-state index contributed by atoms with van der Waals surface area (Å²) in [6, 6.07) is 0. The molecule has 1 saturated heterocycles. The smallest absolute Gasteiger partial charge is 0.306 e. The maximum absolute atomic E-state index is 11.9. The Morgan fingerprint density at radius 3 is 2.07 bits per heavy atom. The van der Waals surface area contributed by atoms with Crippen molar-refractivity contribution in [2.75, 3.05) is 13.2 Å². The number of ether oxygens (including phenoxy) is 3. The van der Waals surface area contributed by atoms with Crippen LogP contribution in [0.2, 0.25) is 0 Å². The van der Waals surface area contributed by atoms with Gasteiger partial charge < -0.3 is 24.4 Å². The summed E-state index contributed by atoms with van der Waals surface area (Å²) in [4.78, 5) is 23.7. The van der Waals surface area contributed by atoms with E-state index in [1.165, 1.54) is 0 Å². The summed E-state index contributed by atoms with van der Waals surface area (Å²) >= 11 is 0. The maximum Gasteiger partial charge on any atom is 0.306 e. The van der Waals surface area contributed by atoms with Crippen LogP contribution in [0.3, 0.4) is 0 Å². The molecule has 170 valence electrons. The summed E-state index contributed by atoms with van der Waals surface area (Å²) in [5, 5.41) is 20.5. The fourth-order valence-corrected chi connectivity index (χ4v) is 3.38. The van der Waals surface area contributed by atoms with Crippen molar-refractivity contribution in [2.45, 2.75) is 115 Å². The topological polar surface area (TPSA) is 102 Å². The first kappa shape index (κ1) is 25.9. The van der Waals surface area contributed by atoms with Gasteiger partial charge >= 0.3 is 11.9 Å². The number of hydrogen-bond acceptors (Lipinski definition) is 7. The molecule has 0 spiro atoms. The number of unbranched alkanes of at least 4 members (excludes halogenated alkanes) is 8. The van der Waals surface area contributed by atoms with Gasteiger partial charge in [-0.25, -0.2) is 0 Å². The lowest BCUT2D eigenvalue weighted by Crippen LogP contribution is -2.42. The molecule has 7 heteroatoms. The molecule has 0 aromatic carbocycles. The molecular weight excluding hydrogens is 376 g/mol. The third-order valence-electron chi connectivity index (χ3n) is 5.22. The predicted octanol–water partition coefficient (Wildman–Crippen LogP) is 3.28. The maximum atomic E-state index is 11.9. The van der Waals surface area contributed by atoms with Gasteiger partial charge in [-0.15, -0.1) is 0 Å². The predicted molar refractivity (Wildman–Crippen MR) is 109 cm³/mol. The van der Waals surface area contributed by atoms with E-state index < -0.39 is 24.4 Å². The monoisotopic (exact) mass is 416 g/mol. The Labute approximate surface area is 175 Å². The van der Waals surface area contributed by atoms with Gasteiger partial charge in [-0.2, -0.15) is 0 Å². The Hall–Kier alpha value is -1.18. The molecule has 1 fully saturated rings. The third kappa shape index (κ3) is 11.0. The van der Waals surface area contributed by atoms with E-state index in [0.717, 1.165) is 64.2 Å². The van der Waals surface area contributed by atoms with Crippen LogP contribution in [-0.2, 0) is 23.8 Å². The van der Waals surface area contributed by atoms with Gasteiger partial charge in [0.05, 0.1) is 6.61 Å². The minimum Gasteiger partial charge on any atom is -0.463 e. The van der Waals surface area contributed by atoms with Gasteiger partial charge in [-0.05, 0) is 12.8 Å². The SMILES string of the molecule is CCCCCCCC(=O)OC[C@H](O)C1OC[C@H](OC(=O)CCCCCCC)[C@H]1O. The normalized spacial score (nSPS) is 22.4. The molecule has 0 amide bonds. The number of esters is 2. The van der Waals surface area contributed by atoms with E-state index in [1.54, 1.807) is 0 Å². The summed E-state index contributed by atoms with van der Waals surface area (Å²) in [6.07, 6.45) is 6.94. The van der Waals surface area contributed by atoms with Crippen molar-refractivity contribution in [1.82, 2.24) is 0 Å². The lowest BCUT2D eigenvalue weighted by molar-refractivity contribution is -0.154. The number of aliphatic hydroxyl groups is 2. The summed E-state index contributed by atoms with van der Waals surface area (Å²) in [6.45, 7) is 4.05. The highest BCUT2D eigenvalue weighted by Crippen LogP contribution is 2.21. The van der Waals surface area contributed by atoms with Crippen LogP contribution >= 0.6 is 0 Å². The lowest BCUT2D eigenvalue weighted by atomic mass is 10.1. The van der Waals surface area contributed by atoms with Crippen molar-refractivity contribution in [3.8, 4) is 0 Å². The Kier molecular flexibility index (Phi) is 13.9. The molecule has 1 aliphatic rings. The number of carbonyl (C=O) groups is 2. The van der Waals surface area contributed by atoms with E-state index in [0.29, 0.717) is 12.8 Å². The number of hydrogen-bond donors (Lipinski definition) is 2. The van der Waals surface area contributed by atoms with Gasteiger partial charge in [0.25, 0.3) is 0 Å². The zero-order chi connectivity index (χ0) is 21.5. The fourth-order valence-electron chi connectivity index (χ4n) is 3.38. The first-order valence-electron chi connectivity index (χ1n) is 11.3. The summed E-state index contributed by atoms with van der Waals surface area (Å²) in [5.41, 5.74) is 0. The van der Waals surface area contributed by atoms with E-state index in [9.17, 15) is 19.8 Å². The second kappa shape index (κ2) is 15.6. The number of aliphatic hydroxyl groups excluding tert-OH is 2. The average Bonchev–Trinajstić information content (AvgIpc) is 3.06. The van der Waals surface area contributed by atoms with Crippen LogP contribution in [0.1, 0.15) is 90.9 Å². The molecule has 0 bridgehead atoms. The average molecular weight is 417 g/mol. The van der Waals surface area contributed by atoms with E-state index in [4.69, 9.17) is 14.2 Å². The molecule has 2 N–H and O–H groups in total. The minimum atomic E-state index is -1.16. The van der Waals surface area contributed by atoms with Crippen molar-refractivity contribution < 1.29 is 34.0 Å². The Morgan fingerprint density at radius 2 is 1.48 bits per heavy atom. The molecule has 1 aliphatic heterocycles. The van der Waals surface area contributed by atoms with Gasteiger partial charge in [0.15, 0.2) is 6.10 Å². The highest BCUT2D eigenvalue weighted by atomic mass is 16.6. The Balaban J connectivity index is 2.21. The van der Waals surface area contributed by atoms with Crippen molar-refractivity contribution in [3.63, 3.8) is 0 Å².